The summed E-state index contributed by atoms with van der Waals surface area (Å²) in [5.41, 5.74) is 5.68. The molecule has 0 radical (unpaired) electrons. The molecule has 0 bridgehead atoms. The van der Waals surface area contributed by atoms with E-state index >= 15 is 0 Å². The Morgan fingerprint density at radius 3 is 2.22 bits per heavy atom. The second kappa shape index (κ2) is 3.85. The molecule has 56 valence electrons. The van der Waals surface area contributed by atoms with E-state index in [4.69, 9.17) is 5.73 Å². The van der Waals surface area contributed by atoms with Gasteiger partial charge in [-0.25, -0.2) is 0 Å². The minimum atomic E-state index is 0.384. The monoisotopic (exact) mass is 130 g/mol. The van der Waals surface area contributed by atoms with Crippen LogP contribution in [0.4, 0.5) is 0 Å². The highest BCUT2D eigenvalue weighted by Crippen LogP contribution is 2.09. The molecule has 2 nitrogen and oxygen atoms in total. The Morgan fingerprint density at radius 1 is 1.33 bits per heavy atom. The maximum absolute atomic E-state index is 5.30. The number of hydrogen-bond donors (Lipinski definition) is 2. The number of hydrogen-bond acceptors (Lipinski definition) is 2. The van der Waals surface area contributed by atoms with Gasteiger partial charge in [-0.3, -0.25) is 0 Å². The van der Waals surface area contributed by atoms with Crippen molar-refractivity contribution in [1.82, 2.24) is 5.32 Å². The number of nitrogens with two attached hydrogens (primary N) is 1. The summed E-state index contributed by atoms with van der Waals surface area (Å²) in [6.45, 7) is 9.32. The standard InChI is InChI=1S/C7H18N2/c1-7(2,3)6-9-5-4-8/h9H,4-6,8H2,1-3H3. The van der Waals surface area contributed by atoms with Crippen LogP contribution >= 0.6 is 0 Å². The van der Waals surface area contributed by atoms with E-state index < -0.39 is 0 Å². The van der Waals surface area contributed by atoms with Crippen molar-refractivity contribution < 1.29 is 0 Å². The van der Waals surface area contributed by atoms with E-state index in [1.165, 1.54) is 0 Å². The van der Waals surface area contributed by atoms with Crippen LogP contribution < -0.4 is 11.1 Å². The van der Waals surface area contributed by atoms with Crippen LogP contribution in [0.2, 0.25) is 0 Å². The molecule has 2 heteroatoms. The summed E-state index contributed by atoms with van der Waals surface area (Å²) in [4.78, 5) is 0. The van der Waals surface area contributed by atoms with E-state index in [1.807, 2.05) is 0 Å². The highest BCUT2D eigenvalue weighted by atomic mass is 14.9. The fourth-order valence-electron chi connectivity index (χ4n) is 0.565. The van der Waals surface area contributed by atoms with Crippen molar-refractivity contribution in [1.29, 1.82) is 0 Å². The summed E-state index contributed by atoms with van der Waals surface area (Å²) in [7, 11) is 0. The number of nitrogens with one attached hydrogen (secondary N) is 1. The second-order valence-corrected chi connectivity index (χ2v) is 3.53. The minimum absolute atomic E-state index is 0.384. The summed E-state index contributed by atoms with van der Waals surface area (Å²) < 4.78 is 0. The van der Waals surface area contributed by atoms with Gasteiger partial charge in [-0.2, -0.15) is 0 Å². The molecular formula is C7H18N2. The van der Waals surface area contributed by atoms with Crippen LogP contribution in [0.3, 0.4) is 0 Å². The highest BCUT2D eigenvalue weighted by molar-refractivity contribution is 4.64. The maximum atomic E-state index is 5.30. The zero-order valence-electron chi connectivity index (χ0n) is 6.70. The molecule has 0 aromatic heterocycles. The van der Waals surface area contributed by atoms with E-state index in [9.17, 15) is 0 Å². The topological polar surface area (TPSA) is 38.0 Å². The molecule has 0 heterocycles. The zero-order chi connectivity index (χ0) is 7.33. The molecule has 0 saturated heterocycles. The molecule has 0 spiro atoms. The Bertz CT molecular complexity index is 63.8. The van der Waals surface area contributed by atoms with Gasteiger partial charge in [-0.05, 0) is 5.41 Å². The molecule has 0 rings (SSSR count). The smallest absolute Gasteiger partial charge is 0.00747 e. The van der Waals surface area contributed by atoms with Crippen molar-refractivity contribution in [3.63, 3.8) is 0 Å². The maximum Gasteiger partial charge on any atom is 0.00747 e. The van der Waals surface area contributed by atoms with Crippen LogP contribution in [0.5, 0.6) is 0 Å². The Labute approximate surface area is 57.8 Å². The lowest BCUT2D eigenvalue weighted by atomic mass is 9.97. The molecule has 0 aliphatic heterocycles. The summed E-state index contributed by atoms with van der Waals surface area (Å²) in [5, 5.41) is 3.25. The lowest BCUT2D eigenvalue weighted by Crippen LogP contribution is -2.30. The van der Waals surface area contributed by atoms with E-state index in [1.54, 1.807) is 0 Å². The van der Waals surface area contributed by atoms with Crippen LogP contribution in [-0.2, 0) is 0 Å². The van der Waals surface area contributed by atoms with Crippen molar-refractivity contribution >= 4 is 0 Å². The molecule has 0 fully saturated rings. The molecular weight excluding hydrogens is 112 g/mol. The second-order valence-electron chi connectivity index (χ2n) is 3.53. The predicted molar refractivity (Wildman–Crippen MR) is 41.4 cm³/mol. The van der Waals surface area contributed by atoms with Gasteiger partial charge >= 0.3 is 0 Å². The third kappa shape index (κ3) is 7.92. The van der Waals surface area contributed by atoms with Crippen molar-refractivity contribution in [3.8, 4) is 0 Å². The molecule has 9 heavy (non-hydrogen) atoms. The fraction of sp³-hybridized carbons (Fsp3) is 1.00. The van der Waals surface area contributed by atoms with Gasteiger partial charge in [0.2, 0.25) is 0 Å². The van der Waals surface area contributed by atoms with Crippen LogP contribution in [0.1, 0.15) is 20.8 Å². The first-order valence-electron chi connectivity index (χ1n) is 3.47. The molecule has 0 atom stereocenters. The normalized spacial score (nSPS) is 12.0. The molecule has 0 aromatic rings. The van der Waals surface area contributed by atoms with Crippen LogP contribution in [0.15, 0.2) is 0 Å². The van der Waals surface area contributed by atoms with Crippen LogP contribution in [0, 0.1) is 5.41 Å². The fourth-order valence-corrected chi connectivity index (χ4v) is 0.565. The molecule has 0 aromatic carbocycles. The predicted octanol–water partition coefficient (Wildman–Crippen LogP) is 0.581. The van der Waals surface area contributed by atoms with Crippen molar-refractivity contribution in [3.05, 3.63) is 0 Å². The lowest BCUT2D eigenvalue weighted by molar-refractivity contribution is 0.383. The van der Waals surface area contributed by atoms with E-state index in [2.05, 4.69) is 26.1 Å². The molecule has 0 amide bonds. The van der Waals surface area contributed by atoms with Crippen LogP contribution in [0.25, 0.3) is 0 Å². The van der Waals surface area contributed by atoms with Crippen molar-refractivity contribution in [2.24, 2.45) is 11.1 Å². The van der Waals surface area contributed by atoms with E-state index in [-0.39, 0.29) is 0 Å². The van der Waals surface area contributed by atoms with Gasteiger partial charge in [0.1, 0.15) is 0 Å². The van der Waals surface area contributed by atoms with Crippen molar-refractivity contribution in [2.75, 3.05) is 19.6 Å². The van der Waals surface area contributed by atoms with Gasteiger partial charge in [-0.15, -0.1) is 0 Å². The summed E-state index contributed by atoms with van der Waals surface area (Å²) in [6, 6.07) is 0. The molecule has 0 aliphatic rings. The van der Waals surface area contributed by atoms with Gasteiger partial charge in [0.15, 0.2) is 0 Å². The largest absolute Gasteiger partial charge is 0.329 e. The minimum Gasteiger partial charge on any atom is -0.329 e. The van der Waals surface area contributed by atoms with Gasteiger partial charge in [0.25, 0.3) is 0 Å². The first kappa shape index (κ1) is 8.92. The Balaban J connectivity index is 3.07. The third-order valence-corrected chi connectivity index (χ3v) is 0.976. The molecule has 0 saturated carbocycles. The van der Waals surface area contributed by atoms with Gasteiger partial charge in [0.05, 0.1) is 0 Å². The first-order chi connectivity index (χ1) is 4.06. The molecule has 0 unspecified atom stereocenters. The quantitative estimate of drug-likeness (QED) is 0.548. The van der Waals surface area contributed by atoms with Gasteiger partial charge < -0.3 is 11.1 Å². The molecule has 0 aliphatic carbocycles. The Kier molecular flexibility index (Phi) is 3.82. The van der Waals surface area contributed by atoms with Crippen LogP contribution in [-0.4, -0.2) is 19.6 Å². The highest BCUT2D eigenvalue weighted by Gasteiger charge is 2.07. The Morgan fingerprint density at radius 2 is 1.89 bits per heavy atom. The third-order valence-electron chi connectivity index (χ3n) is 0.976. The van der Waals surface area contributed by atoms with Gasteiger partial charge in [-0.1, -0.05) is 20.8 Å². The average molecular weight is 130 g/mol. The summed E-state index contributed by atoms with van der Waals surface area (Å²) in [6.07, 6.45) is 0. The lowest BCUT2D eigenvalue weighted by Gasteiger charge is -2.18. The van der Waals surface area contributed by atoms with E-state index in [0.29, 0.717) is 5.41 Å². The van der Waals surface area contributed by atoms with Gasteiger partial charge in [0, 0.05) is 19.6 Å². The average Bonchev–Trinajstić information content (AvgIpc) is 1.63. The zero-order valence-corrected chi connectivity index (χ0v) is 6.70. The summed E-state index contributed by atoms with van der Waals surface area (Å²) in [5.74, 6) is 0. The number of rotatable bonds is 3. The SMILES string of the molecule is CC(C)(C)CNCCN. The summed E-state index contributed by atoms with van der Waals surface area (Å²) >= 11 is 0. The van der Waals surface area contributed by atoms with E-state index in [0.717, 1.165) is 19.6 Å². The van der Waals surface area contributed by atoms with Crippen molar-refractivity contribution in [2.45, 2.75) is 20.8 Å². The Hall–Kier alpha value is -0.0800. The molecule has 3 N–H and O–H groups in total. The first-order valence-corrected chi connectivity index (χ1v) is 3.47.